The highest BCUT2D eigenvalue weighted by molar-refractivity contribution is 6.34. The van der Waals surface area contributed by atoms with E-state index < -0.39 is 5.91 Å². The Morgan fingerprint density at radius 2 is 1.89 bits per heavy atom. The highest BCUT2D eigenvalue weighted by Gasteiger charge is 2.13. The van der Waals surface area contributed by atoms with Crippen molar-refractivity contribution in [2.75, 3.05) is 5.73 Å². The number of hydrogen-bond acceptors (Lipinski definition) is 4. The third-order valence-electron chi connectivity index (χ3n) is 2.20. The Morgan fingerprint density at radius 3 is 2.50 bits per heavy atom. The van der Waals surface area contributed by atoms with Gasteiger partial charge in [0.2, 0.25) is 0 Å². The van der Waals surface area contributed by atoms with Crippen molar-refractivity contribution in [2.24, 2.45) is 5.73 Å². The summed E-state index contributed by atoms with van der Waals surface area (Å²) in [7, 11) is 0. The number of nitrogens with two attached hydrogens (primary N) is 2. The third kappa shape index (κ3) is 2.52. The van der Waals surface area contributed by atoms with Crippen LogP contribution in [0.25, 0.3) is 0 Å². The van der Waals surface area contributed by atoms with E-state index >= 15 is 0 Å². The van der Waals surface area contributed by atoms with E-state index in [0.717, 1.165) is 0 Å². The lowest BCUT2D eigenvalue weighted by atomic mass is 10.3. The van der Waals surface area contributed by atoms with E-state index in [9.17, 15) is 4.79 Å². The Hall–Kier alpha value is -2.27. The molecule has 0 fully saturated rings. The number of ether oxygens (including phenoxy) is 1. The van der Waals surface area contributed by atoms with E-state index in [-0.39, 0.29) is 10.7 Å². The lowest BCUT2D eigenvalue weighted by Gasteiger charge is -2.08. The van der Waals surface area contributed by atoms with Crippen LogP contribution in [-0.2, 0) is 0 Å². The van der Waals surface area contributed by atoms with Gasteiger partial charge in [-0.05, 0) is 24.3 Å². The Balaban J connectivity index is 2.32. The fourth-order valence-electron chi connectivity index (χ4n) is 1.34. The molecule has 5 nitrogen and oxygen atoms in total. The second kappa shape index (κ2) is 4.93. The SMILES string of the molecule is NC(=O)c1nccc(Oc2ccc(N)cc2)c1Cl. The van der Waals surface area contributed by atoms with E-state index in [2.05, 4.69) is 4.98 Å². The normalized spacial score (nSPS) is 10.1. The first-order chi connectivity index (χ1) is 8.58. The molecule has 0 saturated heterocycles. The molecular formula is C12H10ClN3O2. The summed E-state index contributed by atoms with van der Waals surface area (Å²) in [5, 5.41) is 0.0850. The number of amides is 1. The molecule has 0 spiro atoms. The van der Waals surface area contributed by atoms with E-state index in [1.165, 1.54) is 6.20 Å². The minimum atomic E-state index is -0.706. The smallest absolute Gasteiger partial charge is 0.268 e. The number of hydrogen-bond donors (Lipinski definition) is 2. The van der Waals surface area contributed by atoms with Crippen LogP contribution in [0.15, 0.2) is 36.5 Å². The average Bonchev–Trinajstić information content (AvgIpc) is 2.34. The van der Waals surface area contributed by atoms with Gasteiger partial charge in [-0.3, -0.25) is 4.79 Å². The Bertz CT molecular complexity index is 584. The Morgan fingerprint density at radius 1 is 1.22 bits per heavy atom. The van der Waals surface area contributed by atoms with Gasteiger partial charge in [0.1, 0.15) is 22.2 Å². The number of carbonyl (C=O) groups excluding carboxylic acids is 1. The van der Waals surface area contributed by atoms with Crippen molar-refractivity contribution >= 4 is 23.2 Å². The number of pyridine rings is 1. The molecule has 18 heavy (non-hydrogen) atoms. The molecule has 1 heterocycles. The van der Waals surface area contributed by atoms with Gasteiger partial charge in [0.25, 0.3) is 5.91 Å². The molecular weight excluding hydrogens is 254 g/mol. The molecule has 6 heteroatoms. The zero-order chi connectivity index (χ0) is 13.1. The summed E-state index contributed by atoms with van der Waals surface area (Å²) >= 11 is 5.97. The van der Waals surface area contributed by atoms with Crippen molar-refractivity contribution in [2.45, 2.75) is 0 Å². The summed E-state index contributed by atoms with van der Waals surface area (Å²) in [5.74, 6) is 0.153. The molecule has 4 N–H and O–H groups in total. The van der Waals surface area contributed by atoms with Gasteiger partial charge < -0.3 is 16.2 Å². The molecule has 1 amide bonds. The van der Waals surface area contributed by atoms with E-state index in [0.29, 0.717) is 17.2 Å². The van der Waals surface area contributed by atoms with Crippen LogP contribution in [0.2, 0.25) is 5.02 Å². The molecule has 0 aliphatic rings. The standard InChI is InChI=1S/C12H10ClN3O2/c13-10-9(5-6-16-11(10)12(15)17)18-8-3-1-7(14)2-4-8/h1-6H,14H2,(H2,15,17). The van der Waals surface area contributed by atoms with Crippen molar-refractivity contribution in [1.82, 2.24) is 4.98 Å². The number of aromatic nitrogens is 1. The first-order valence-electron chi connectivity index (χ1n) is 5.05. The highest BCUT2D eigenvalue weighted by Crippen LogP contribution is 2.30. The summed E-state index contributed by atoms with van der Waals surface area (Å²) in [6.45, 7) is 0. The topological polar surface area (TPSA) is 91.2 Å². The summed E-state index contributed by atoms with van der Waals surface area (Å²) in [4.78, 5) is 14.9. The van der Waals surface area contributed by atoms with Gasteiger partial charge in [0.05, 0.1) is 0 Å². The molecule has 0 unspecified atom stereocenters. The van der Waals surface area contributed by atoms with Gasteiger partial charge in [0, 0.05) is 18.0 Å². The molecule has 0 saturated carbocycles. The van der Waals surface area contributed by atoms with Gasteiger partial charge >= 0.3 is 0 Å². The van der Waals surface area contributed by atoms with Gasteiger partial charge in [-0.25, -0.2) is 4.98 Å². The number of anilines is 1. The maximum atomic E-state index is 11.1. The van der Waals surface area contributed by atoms with Crippen molar-refractivity contribution in [3.63, 3.8) is 0 Å². The van der Waals surface area contributed by atoms with E-state index in [1.807, 2.05) is 0 Å². The number of nitrogen functional groups attached to an aromatic ring is 1. The number of halogens is 1. The maximum absolute atomic E-state index is 11.1. The number of primary amides is 1. The average molecular weight is 264 g/mol. The Kier molecular flexibility index (Phi) is 3.34. The van der Waals surface area contributed by atoms with Crippen LogP contribution in [0.1, 0.15) is 10.5 Å². The molecule has 92 valence electrons. The minimum Gasteiger partial charge on any atom is -0.456 e. The minimum absolute atomic E-state index is 0.0235. The van der Waals surface area contributed by atoms with Crippen LogP contribution < -0.4 is 16.2 Å². The van der Waals surface area contributed by atoms with E-state index in [1.54, 1.807) is 30.3 Å². The van der Waals surface area contributed by atoms with E-state index in [4.69, 9.17) is 27.8 Å². The maximum Gasteiger partial charge on any atom is 0.268 e. The first-order valence-corrected chi connectivity index (χ1v) is 5.43. The summed E-state index contributed by atoms with van der Waals surface area (Å²) in [6, 6.07) is 8.32. The molecule has 1 aromatic heterocycles. The summed E-state index contributed by atoms with van der Waals surface area (Å²) in [5.41, 5.74) is 11.3. The zero-order valence-electron chi connectivity index (χ0n) is 9.26. The van der Waals surface area contributed by atoms with Gasteiger partial charge in [-0.15, -0.1) is 0 Å². The number of nitrogens with zero attached hydrogens (tertiary/aromatic N) is 1. The highest BCUT2D eigenvalue weighted by atomic mass is 35.5. The van der Waals surface area contributed by atoms with Crippen molar-refractivity contribution in [3.05, 3.63) is 47.2 Å². The van der Waals surface area contributed by atoms with Crippen molar-refractivity contribution < 1.29 is 9.53 Å². The Labute approximate surface area is 108 Å². The zero-order valence-corrected chi connectivity index (χ0v) is 10.0. The molecule has 1 aromatic carbocycles. The second-order valence-electron chi connectivity index (χ2n) is 3.51. The van der Waals surface area contributed by atoms with Crippen molar-refractivity contribution in [1.29, 1.82) is 0 Å². The fraction of sp³-hybridized carbons (Fsp3) is 0. The van der Waals surface area contributed by atoms with Crippen LogP contribution in [0.5, 0.6) is 11.5 Å². The van der Waals surface area contributed by atoms with Crippen LogP contribution >= 0.6 is 11.6 Å². The third-order valence-corrected chi connectivity index (χ3v) is 2.56. The first kappa shape index (κ1) is 12.2. The molecule has 0 bridgehead atoms. The summed E-state index contributed by atoms with van der Waals surface area (Å²) in [6.07, 6.45) is 1.40. The molecule has 0 aliphatic carbocycles. The molecule has 0 radical (unpaired) electrons. The quantitative estimate of drug-likeness (QED) is 0.831. The molecule has 0 aliphatic heterocycles. The van der Waals surface area contributed by atoms with Crippen LogP contribution in [0.3, 0.4) is 0 Å². The largest absolute Gasteiger partial charge is 0.456 e. The lowest BCUT2D eigenvalue weighted by molar-refractivity contribution is 0.0995. The monoisotopic (exact) mass is 263 g/mol. The van der Waals surface area contributed by atoms with Gasteiger partial charge in [-0.1, -0.05) is 11.6 Å². The summed E-state index contributed by atoms with van der Waals surface area (Å²) < 4.78 is 5.52. The van der Waals surface area contributed by atoms with Gasteiger partial charge in [-0.2, -0.15) is 0 Å². The van der Waals surface area contributed by atoms with Crippen molar-refractivity contribution in [3.8, 4) is 11.5 Å². The number of rotatable bonds is 3. The second-order valence-corrected chi connectivity index (χ2v) is 3.88. The van der Waals surface area contributed by atoms with Crippen LogP contribution in [0.4, 0.5) is 5.69 Å². The predicted octanol–water partition coefficient (Wildman–Crippen LogP) is 2.21. The molecule has 2 aromatic rings. The fourth-order valence-corrected chi connectivity index (χ4v) is 1.58. The van der Waals surface area contributed by atoms with Gasteiger partial charge in [0.15, 0.2) is 0 Å². The van der Waals surface area contributed by atoms with Crippen LogP contribution in [0, 0.1) is 0 Å². The lowest BCUT2D eigenvalue weighted by Crippen LogP contribution is -2.13. The molecule has 2 rings (SSSR count). The number of benzene rings is 1. The predicted molar refractivity (Wildman–Crippen MR) is 68.7 cm³/mol. The number of carbonyl (C=O) groups is 1. The van der Waals surface area contributed by atoms with Crippen LogP contribution in [-0.4, -0.2) is 10.9 Å². The molecule has 0 atom stereocenters.